The van der Waals surface area contributed by atoms with Crippen LogP contribution in [0.4, 0.5) is 0 Å². The molecule has 26 heavy (non-hydrogen) atoms. The molecule has 2 aliphatic rings. The monoisotopic (exact) mass is 396 g/mol. The van der Waals surface area contributed by atoms with Gasteiger partial charge in [0, 0.05) is 37.1 Å². The van der Waals surface area contributed by atoms with E-state index in [9.17, 15) is 13.2 Å². The highest BCUT2D eigenvalue weighted by Gasteiger charge is 2.33. The quantitative estimate of drug-likeness (QED) is 0.760. The SMILES string of the molecule is CCc1cc2c(=O)n(CN3CCN(C4CCS(=O)(=O)C4)CC3)cnc2s1. The van der Waals surface area contributed by atoms with Gasteiger partial charge < -0.3 is 0 Å². The first-order valence-electron chi connectivity index (χ1n) is 9.10. The van der Waals surface area contributed by atoms with Crippen molar-refractivity contribution < 1.29 is 8.42 Å². The molecule has 7 nitrogen and oxygen atoms in total. The summed E-state index contributed by atoms with van der Waals surface area (Å²) in [6, 6.07) is 2.13. The molecule has 4 heterocycles. The lowest BCUT2D eigenvalue weighted by Crippen LogP contribution is -2.51. The summed E-state index contributed by atoms with van der Waals surface area (Å²) in [6.45, 7) is 6.00. The van der Waals surface area contributed by atoms with Crippen LogP contribution in [0.15, 0.2) is 17.2 Å². The fourth-order valence-corrected chi connectivity index (χ4v) is 6.52. The number of hydrogen-bond acceptors (Lipinski definition) is 7. The summed E-state index contributed by atoms with van der Waals surface area (Å²) in [5.74, 6) is 0.615. The Kier molecular flexibility index (Phi) is 4.89. The lowest BCUT2D eigenvalue weighted by atomic mass is 10.2. The van der Waals surface area contributed by atoms with Crippen LogP contribution in [0.2, 0.25) is 0 Å². The first kappa shape index (κ1) is 18.1. The minimum atomic E-state index is -2.84. The van der Waals surface area contributed by atoms with Gasteiger partial charge in [-0.05, 0) is 18.9 Å². The van der Waals surface area contributed by atoms with Crippen molar-refractivity contribution in [2.45, 2.75) is 32.5 Å². The van der Waals surface area contributed by atoms with Gasteiger partial charge in [0.1, 0.15) is 11.2 Å². The molecule has 0 spiro atoms. The van der Waals surface area contributed by atoms with Gasteiger partial charge >= 0.3 is 0 Å². The Morgan fingerprint density at radius 3 is 2.69 bits per heavy atom. The molecular weight excluding hydrogens is 372 g/mol. The number of fused-ring (bicyclic) bond motifs is 1. The summed E-state index contributed by atoms with van der Waals surface area (Å²) in [5.41, 5.74) is 0.0234. The molecule has 9 heteroatoms. The van der Waals surface area contributed by atoms with E-state index in [1.165, 1.54) is 4.88 Å². The Morgan fingerprint density at radius 2 is 2.04 bits per heavy atom. The third-order valence-electron chi connectivity index (χ3n) is 5.40. The van der Waals surface area contributed by atoms with Crippen molar-refractivity contribution in [3.05, 3.63) is 27.6 Å². The highest BCUT2D eigenvalue weighted by Crippen LogP contribution is 2.21. The van der Waals surface area contributed by atoms with Crippen molar-refractivity contribution in [2.24, 2.45) is 0 Å². The lowest BCUT2D eigenvalue weighted by Gasteiger charge is -2.37. The zero-order valence-corrected chi connectivity index (χ0v) is 16.6. The first-order valence-corrected chi connectivity index (χ1v) is 11.7. The largest absolute Gasteiger partial charge is 0.297 e. The highest BCUT2D eigenvalue weighted by atomic mass is 32.2. The second-order valence-electron chi connectivity index (χ2n) is 7.16. The van der Waals surface area contributed by atoms with Gasteiger partial charge in [0.05, 0.1) is 23.6 Å². The molecule has 0 bridgehead atoms. The van der Waals surface area contributed by atoms with Gasteiger partial charge in [-0.1, -0.05) is 6.92 Å². The Bertz CT molecular complexity index is 958. The fraction of sp³-hybridized carbons (Fsp3) is 0.647. The number of aryl methyl sites for hydroxylation is 1. The fourth-order valence-electron chi connectivity index (χ4n) is 3.83. The number of nitrogens with zero attached hydrogens (tertiary/aromatic N) is 4. The molecule has 0 aliphatic carbocycles. The van der Waals surface area contributed by atoms with Crippen molar-refractivity contribution in [3.8, 4) is 0 Å². The van der Waals surface area contributed by atoms with Crippen LogP contribution in [0.1, 0.15) is 18.2 Å². The molecular formula is C17H24N4O3S2. The molecule has 1 atom stereocenters. The Morgan fingerprint density at radius 1 is 1.27 bits per heavy atom. The van der Waals surface area contributed by atoms with Crippen molar-refractivity contribution >= 4 is 31.4 Å². The normalized spacial score (nSPS) is 24.4. The van der Waals surface area contributed by atoms with Crippen molar-refractivity contribution in [1.82, 2.24) is 19.4 Å². The standard InChI is InChI=1S/C17H24N4O3S2/c1-2-14-9-15-16(25-14)18-11-21(17(15)22)12-19-4-6-20(7-5-19)13-3-8-26(23,24)10-13/h9,11,13H,2-8,10,12H2,1H3. The van der Waals surface area contributed by atoms with Gasteiger partial charge in [-0.3, -0.25) is 19.2 Å². The van der Waals surface area contributed by atoms with Gasteiger partial charge in [-0.2, -0.15) is 0 Å². The average molecular weight is 397 g/mol. The second-order valence-corrected chi connectivity index (χ2v) is 10.5. The maximum Gasteiger partial charge on any atom is 0.263 e. The van der Waals surface area contributed by atoms with Gasteiger partial charge in [-0.15, -0.1) is 11.3 Å². The van der Waals surface area contributed by atoms with Crippen LogP contribution in [0.25, 0.3) is 10.2 Å². The molecule has 1 unspecified atom stereocenters. The van der Waals surface area contributed by atoms with E-state index in [2.05, 4.69) is 21.7 Å². The number of hydrogen-bond donors (Lipinski definition) is 0. The van der Waals surface area contributed by atoms with Crippen LogP contribution < -0.4 is 5.56 Å². The molecule has 0 N–H and O–H groups in total. The van der Waals surface area contributed by atoms with Crippen LogP contribution in [-0.2, 0) is 22.9 Å². The molecule has 4 rings (SSSR count). The molecule has 2 aromatic rings. The van der Waals surface area contributed by atoms with E-state index in [0.717, 1.165) is 43.9 Å². The summed E-state index contributed by atoms with van der Waals surface area (Å²) in [6.07, 6.45) is 3.32. The summed E-state index contributed by atoms with van der Waals surface area (Å²) in [7, 11) is -2.84. The van der Waals surface area contributed by atoms with Gasteiger partial charge in [0.15, 0.2) is 9.84 Å². The number of rotatable bonds is 4. The number of piperazine rings is 1. The summed E-state index contributed by atoms with van der Waals surface area (Å²) < 4.78 is 25.0. The molecule has 142 valence electrons. The second kappa shape index (κ2) is 7.03. The molecule has 0 amide bonds. The number of sulfone groups is 1. The Balaban J connectivity index is 1.41. The lowest BCUT2D eigenvalue weighted by molar-refractivity contribution is 0.0836. The molecule has 0 saturated carbocycles. The third kappa shape index (κ3) is 3.58. The van der Waals surface area contributed by atoms with Crippen LogP contribution in [0.5, 0.6) is 0 Å². The Hall–Kier alpha value is -1.29. The highest BCUT2D eigenvalue weighted by molar-refractivity contribution is 7.91. The van der Waals surface area contributed by atoms with E-state index >= 15 is 0 Å². The molecule has 2 fully saturated rings. The molecule has 2 saturated heterocycles. The minimum absolute atomic E-state index is 0.0234. The molecule has 0 aromatic carbocycles. The van der Waals surface area contributed by atoms with Gasteiger partial charge in [0.2, 0.25) is 0 Å². The van der Waals surface area contributed by atoms with E-state index in [1.807, 2.05) is 6.07 Å². The third-order valence-corrected chi connectivity index (χ3v) is 8.34. The van der Waals surface area contributed by atoms with Crippen LogP contribution in [-0.4, -0.2) is 71.5 Å². The maximum absolute atomic E-state index is 12.7. The topological polar surface area (TPSA) is 75.5 Å². The van der Waals surface area contributed by atoms with E-state index in [4.69, 9.17) is 0 Å². The van der Waals surface area contributed by atoms with E-state index in [1.54, 1.807) is 22.2 Å². The summed E-state index contributed by atoms with van der Waals surface area (Å²) in [5, 5.41) is 0.712. The summed E-state index contributed by atoms with van der Waals surface area (Å²) >= 11 is 1.59. The molecule has 2 aromatic heterocycles. The predicted octanol–water partition coefficient (Wildman–Crippen LogP) is 0.783. The van der Waals surface area contributed by atoms with Crippen LogP contribution in [0, 0.1) is 0 Å². The average Bonchev–Trinajstić information content (AvgIpc) is 3.21. The zero-order valence-electron chi connectivity index (χ0n) is 14.9. The van der Waals surface area contributed by atoms with Crippen LogP contribution >= 0.6 is 11.3 Å². The maximum atomic E-state index is 12.7. The zero-order chi connectivity index (χ0) is 18.3. The van der Waals surface area contributed by atoms with Gasteiger partial charge in [-0.25, -0.2) is 13.4 Å². The van der Waals surface area contributed by atoms with Crippen molar-refractivity contribution in [2.75, 3.05) is 37.7 Å². The van der Waals surface area contributed by atoms with Crippen LogP contribution in [0.3, 0.4) is 0 Å². The molecule has 2 aliphatic heterocycles. The first-order chi connectivity index (χ1) is 12.4. The number of aromatic nitrogens is 2. The predicted molar refractivity (Wildman–Crippen MR) is 103 cm³/mol. The van der Waals surface area contributed by atoms with Gasteiger partial charge in [0.25, 0.3) is 5.56 Å². The number of thiophene rings is 1. The van der Waals surface area contributed by atoms with Crippen molar-refractivity contribution in [3.63, 3.8) is 0 Å². The molecule has 0 radical (unpaired) electrons. The minimum Gasteiger partial charge on any atom is -0.297 e. The van der Waals surface area contributed by atoms with Crippen molar-refractivity contribution in [1.29, 1.82) is 0 Å². The van der Waals surface area contributed by atoms with E-state index < -0.39 is 9.84 Å². The van der Waals surface area contributed by atoms with E-state index in [0.29, 0.717) is 23.6 Å². The Labute approximate surface area is 157 Å². The van der Waals surface area contributed by atoms with E-state index in [-0.39, 0.29) is 11.6 Å². The summed E-state index contributed by atoms with van der Waals surface area (Å²) in [4.78, 5) is 23.7. The smallest absolute Gasteiger partial charge is 0.263 e.